The summed E-state index contributed by atoms with van der Waals surface area (Å²) in [5, 5.41) is 26.7. The first-order valence-corrected chi connectivity index (χ1v) is 22.7. The Morgan fingerprint density at radius 2 is 0.986 bits per heavy atom. The summed E-state index contributed by atoms with van der Waals surface area (Å²) >= 11 is 3.43. The third-order valence-electron chi connectivity index (χ3n) is 11.3. The number of aromatic nitrogens is 7. The van der Waals surface area contributed by atoms with Crippen LogP contribution >= 0.6 is 15.9 Å². The van der Waals surface area contributed by atoms with Crippen LogP contribution in [-0.2, 0) is 0 Å². The van der Waals surface area contributed by atoms with Crippen molar-refractivity contribution >= 4 is 100.0 Å². The van der Waals surface area contributed by atoms with Crippen LogP contribution in [0.2, 0.25) is 0 Å². The first-order valence-electron chi connectivity index (χ1n) is 21.9. The Bertz CT molecular complexity index is 3890. The number of benzene rings is 5. The Hall–Kier alpha value is -8.83. The van der Waals surface area contributed by atoms with Crippen molar-refractivity contribution < 1.29 is 18.8 Å². The Morgan fingerprint density at radius 3 is 1.63 bits per heavy atom. The first-order chi connectivity index (χ1) is 34.5. The fourth-order valence-electron chi connectivity index (χ4n) is 7.91. The lowest BCUT2D eigenvalue weighted by Crippen LogP contribution is -2.31. The highest BCUT2D eigenvalue weighted by atomic mass is 79.9. The summed E-state index contributed by atoms with van der Waals surface area (Å²) in [6, 6.07) is 42.6. The van der Waals surface area contributed by atoms with Gasteiger partial charge < -0.3 is 27.2 Å². The number of nitrogen functional groups attached to an aromatic ring is 3. The van der Waals surface area contributed by atoms with Crippen molar-refractivity contribution in [1.29, 1.82) is 0 Å². The number of fused-ring (bicyclic) bond motifs is 5. The molecule has 71 heavy (non-hydrogen) atoms. The van der Waals surface area contributed by atoms with Crippen molar-refractivity contribution in [2.24, 2.45) is 0 Å². The van der Waals surface area contributed by atoms with E-state index in [1.165, 1.54) is 18.2 Å². The van der Waals surface area contributed by atoms with Gasteiger partial charge in [-0.2, -0.15) is 0 Å². The maximum atomic E-state index is 14.4. The minimum absolute atomic E-state index is 0.251. The highest BCUT2D eigenvalue weighted by molar-refractivity contribution is 9.10. The molecule has 0 bridgehead atoms. The molecular formula is C55H40BBrF2N10O2. The molecule has 0 saturated heterocycles. The lowest BCUT2D eigenvalue weighted by Gasteiger charge is -2.14. The van der Waals surface area contributed by atoms with Crippen molar-refractivity contribution in [2.45, 2.75) is 0 Å². The summed E-state index contributed by atoms with van der Waals surface area (Å²) in [4.78, 5) is 29.6. The van der Waals surface area contributed by atoms with E-state index in [0.717, 1.165) is 64.7 Å². The number of halogens is 3. The zero-order valence-corrected chi connectivity index (χ0v) is 39.0. The summed E-state index contributed by atoms with van der Waals surface area (Å²) in [5.74, 6) is -0.750. The zero-order valence-electron chi connectivity index (χ0n) is 37.4. The van der Waals surface area contributed by atoms with Gasteiger partial charge in [-0.3, -0.25) is 15.0 Å². The van der Waals surface area contributed by atoms with Crippen LogP contribution in [0, 0.1) is 11.6 Å². The van der Waals surface area contributed by atoms with E-state index in [-0.39, 0.29) is 11.3 Å². The fraction of sp³-hybridized carbons (Fsp3) is 0. The van der Waals surface area contributed by atoms with E-state index in [1.54, 1.807) is 85.7 Å². The summed E-state index contributed by atoms with van der Waals surface area (Å²) < 4.78 is 29.2. The number of nitrogens with two attached hydrogens (primary N) is 3. The zero-order chi connectivity index (χ0) is 49.4. The summed E-state index contributed by atoms with van der Waals surface area (Å²) in [6.07, 6.45) is 13.9. The van der Waals surface area contributed by atoms with E-state index in [9.17, 15) is 18.8 Å². The van der Waals surface area contributed by atoms with E-state index >= 15 is 0 Å². The molecule has 0 radical (unpaired) electrons. The minimum Gasteiger partial charge on any atom is -0.423 e. The van der Waals surface area contributed by atoms with Crippen molar-refractivity contribution in [1.82, 2.24) is 34.9 Å². The van der Waals surface area contributed by atoms with Crippen LogP contribution in [0.15, 0.2) is 200 Å². The average molecular weight is 1000 g/mol. The fourth-order valence-corrected chi connectivity index (χ4v) is 8.40. The summed E-state index contributed by atoms with van der Waals surface area (Å²) in [6.45, 7) is 0. The molecule has 0 spiro atoms. The van der Waals surface area contributed by atoms with Gasteiger partial charge in [0.2, 0.25) is 0 Å². The molecule has 0 amide bonds. The number of anilines is 3. The van der Waals surface area contributed by atoms with Crippen LogP contribution in [0.25, 0.3) is 88.0 Å². The standard InChI is InChI=1S/C23H15FN4.C14H10BFN2O2.C9H7BrN2.C9H8N2/c24-19-6-2-1-4-17(19)21-12-18(16-5-3-10-27-23(16)28-21)22-15-9-11-26-13-14(15)7-8-20(22)25;16-12-6-2-1-4-10(12)13-8-11(15(19)20)9-5-3-7-17-14(9)18-13;10-9-7-3-4-12-5-6(7)1-2-8(9)11;10-9-2-1-8-6-11-4-3-7(8)5-9/h1-13H,25H2;1-8,19-20H;1-5H,11H2;1-6H,10H2. The molecule has 12 nitrogen and oxygen atoms in total. The topological polar surface area (TPSA) is 209 Å². The smallest absolute Gasteiger partial charge is 0.423 e. The Balaban J connectivity index is 0.000000126. The van der Waals surface area contributed by atoms with Crippen LogP contribution < -0.4 is 22.7 Å². The normalized spacial score (nSPS) is 10.8. The van der Waals surface area contributed by atoms with Gasteiger partial charge in [0.1, 0.15) is 11.6 Å². The van der Waals surface area contributed by atoms with Gasteiger partial charge >= 0.3 is 7.12 Å². The van der Waals surface area contributed by atoms with Gasteiger partial charge in [0, 0.05) is 120 Å². The number of nitrogens with zero attached hydrogens (tertiary/aromatic N) is 7. The van der Waals surface area contributed by atoms with Crippen LogP contribution in [-0.4, -0.2) is 52.1 Å². The molecule has 0 aliphatic rings. The van der Waals surface area contributed by atoms with Gasteiger partial charge in [0.05, 0.1) is 11.4 Å². The van der Waals surface area contributed by atoms with Crippen molar-refractivity contribution in [3.05, 3.63) is 211 Å². The molecule has 0 aliphatic carbocycles. The van der Waals surface area contributed by atoms with Gasteiger partial charge in [0.25, 0.3) is 0 Å². The number of pyridine rings is 7. The summed E-state index contributed by atoms with van der Waals surface area (Å²) in [7, 11) is -1.67. The van der Waals surface area contributed by atoms with Gasteiger partial charge in [-0.25, -0.2) is 28.7 Å². The molecule has 12 rings (SSSR count). The number of rotatable bonds is 4. The predicted molar refractivity (Wildman–Crippen MR) is 285 cm³/mol. The second-order valence-electron chi connectivity index (χ2n) is 15.9. The van der Waals surface area contributed by atoms with Crippen molar-refractivity contribution in [2.75, 3.05) is 17.2 Å². The van der Waals surface area contributed by atoms with Gasteiger partial charge in [-0.15, -0.1) is 0 Å². The molecule has 5 aromatic carbocycles. The summed E-state index contributed by atoms with van der Waals surface area (Å²) in [5.41, 5.74) is 24.3. The maximum Gasteiger partial charge on any atom is 0.489 e. The van der Waals surface area contributed by atoms with Crippen molar-refractivity contribution in [3.63, 3.8) is 0 Å². The lowest BCUT2D eigenvalue weighted by molar-refractivity contribution is 0.426. The SMILES string of the molecule is Nc1ccc2cnccc2c1.Nc1ccc2cnccc2c1-c1cc(-c2ccccc2F)nc2ncccc12.Nc1ccc2cnccc2c1Br.OB(O)c1cc(-c2ccccc2F)nc2ncccc12. The van der Waals surface area contributed by atoms with Crippen LogP contribution in [0.3, 0.4) is 0 Å². The molecule has 8 N–H and O–H groups in total. The Morgan fingerprint density at radius 1 is 0.451 bits per heavy atom. The Labute approximate surface area is 413 Å². The molecule has 0 aliphatic heterocycles. The van der Waals surface area contributed by atoms with E-state index < -0.39 is 12.9 Å². The highest BCUT2D eigenvalue weighted by Gasteiger charge is 2.20. The van der Waals surface area contributed by atoms with Gasteiger partial charge in [-0.05, 0) is 135 Å². The van der Waals surface area contributed by atoms with E-state index in [0.29, 0.717) is 44.9 Å². The molecule has 16 heteroatoms. The monoisotopic (exact) mass is 1000 g/mol. The molecular weight excluding hydrogens is 961 g/mol. The largest absolute Gasteiger partial charge is 0.489 e. The van der Waals surface area contributed by atoms with E-state index in [2.05, 4.69) is 50.8 Å². The highest BCUT2D eigenvalue weighted by Crippen LogP contribution is 2.39. The lowest BCUT2D eigenvalue weighted by atomic mass is 9.78. The molecule has 7 heterocycles. The van der Waals surface area contributed by atoms with Crippen LogP contribution in [0.4, 0.5) is 25.8 Å². The van der Waals surface area contributed by atoms with E-state index in [4.69, 9.17) is 17.2 Å². The maximum absolute atomic E-state index is 14.4. The molecule has 0 fully saturated rings. The molecule has 0 atom stereocenters. The number of hydrogen-bond acceptors (Lipinski definition) is 12. The molecule has 0 unspecified atom stereocenters. The Kier molecular flexibility index (Phi) is 14.1. The van der Waals surface area contributed by atoms with E-state index in [1.807, 2.05) is 91.3 Å². The van der Waals surface area contributed by atoms with Crippen LogP contribution in [0.5, 0.6) is 0 Å². The first kappa shape index (κ1) is 47.2. The third-order valence-corrected chi connectivity index (χ3v) is 12.2. The average Bonchev–Trinajstić information content (AvgIpc) is 3.40. The van der Waals surface area contributed by atoms with Gasteiger partial charge in [0.15, 0.2) is 11.3 Å². The number of hydrogen-bond donors (Lipinski definition) is 5. The third kappa shape index (κ3) is 10.4. The van der Waals surface area contributed by atoms with Crippen LogP contribution in [0.1, 0.15) is 0 Å². The second kappa shape index (κ2) is 21.2. The quantitative estimate of drug-likeness (QED) is 0.0824. The predicted octanol–water partition coefficient (Wildman–Crippen LogP) is 10.7. The molecule has 0 saturated carbocycles. The molecule has 346 valence electrons. The van der Waals surface area contributed by atoms with Gasteiger partial charge in [-0.1, -0.05) is 48.5 Å². The second-order valence-corrected chi connectivity index (χ2v) is 16.7. The molecule has 7 aromatic heterocycles. The minimum atomic E-state index is -1.67. The van der Waals surface area contributed by atoms with Crippen molar-refractivity contribution in [3.8, 4) is 33.6 Å². The molecule has 12 aromatic rings.